The topological polar surface area (TPSA) is 70.2 Å². The maximum absolute atomic E-state index is 13.2. The van der Waals surface area contributed by atoms with Crippen molar-refractivity contribution in [3.05, 3.63) is 59.7 Å². The number of nitrogens with one attached hydrogen (secondary N) is 3. The largest absolute Gasteiger partial charge is 0.416 e. The fraction of sp³-hybridized carbons (Fsp3) is 0.300. The fourth-order valence-electron chi connectivity index (χ4n) is 2.80. The van der Waals surface area contributed by atoms with Gasteiger partial charge in [0.05, 0.1) is 11.6 Å². The molecule has 0 unspecified atom stereocenters. The Morgan fingerprint density at radius 2 is 1.54 bits per heavy atom. The van der Waals surface area contributed by atoms with Crippen molar-refractivity contribution >= 4 is 23.2 Å². The molecule has 150 valence electrons. The predicted molar refractivity (Wildman–Crippen MR) is 102 cm³/mol. The summed E-state index contributed by atoms with van der Waals surface area (Å²) in [5, 5.41) is 8.19. The molecule has 0 aliphatic carbocycles. The summed E-state index contributed by atoms with van der Waals surface area (Å²) in [4.78, 5) is 23.5. The van der Waals surface area contributed by atoms with Crippen molar-refractivity contribution in [1.29, 1.82) is 0 Å². The van der Waals surface area contributed by atoms with Gasteiger partial charge in [0.2, 0.25) is 11.8 Å². The number of anilines is 2. The zero-order valence-corrected chi connectivity index (χ0v) is 15.7. The van der Waals surface area contributed by atoms with E-state index in [1.165, 1.54) is 25.1 Å². The molecule has 8 heteroatoms. The van der Waals surface area contributed by atoms with Crippen molar-refractivity contribution in [3.8, 4) is 0 Å². The molecule has 2 atom stereocenters. The van der Waals surface area contributed by atoms with Gasteiger partial charge in [0.1, 0.15) is 0 Å². The summed E-state index contributed by atoms with van der Waals surface area (Å²) in [5.41, 5.74) is 0.333. The van der Waals surface area contributed by atoms with Crippen molar-refractivity contribution in [1.82, 2.24) is 5.32 Å². The highest BCUT2D eigenvalue weighted by atomic mass is 19.4. The molecule has 0 aliphatic rings. The van der Waals surface area contributed by atoms with Crippen molar-refractivity contribution in [2.45, 2.75) is 39.0 Å². The number of hydrogen-bond donors (Lipinski definition) is 3. The Hall–Kier alpha value is -2.87. The quantitative estimate of drug-likeness (QED) is 0.684. The molecule has 0 aliphatic heterocycles. The minimum Gasteiger partial charge on any atom is -0.326 e. The van der Waals surface area contributed by atoms with Gasteiger partial charge in [-0.3, -0.25) is 14.9 Å². The Kier molecular flexibility index (Phi) is 6.80. The maximum atomic E-state index is 13.2. The molecule has 0 saturated heterocycles. The molecule has 0 heterocycles. The molecule has 0 fully saturated rings. The zero-order valence-electron chi connectivity index (χ0n) is 15.7. The first-order chi connectivity index (χ1) is 13.1. The molecule has 0 aromatic heterocycles. The molecule has 2 amide bonds. The van der Waals surface area contributed by atoms with Crippen LogP contribution in [0.3, 0.4) is 0 Å². The summed E-state index contributed by atoms with van der Waals surface area (Å²) in [6, 6.07) is 10.4. The third kappa shape index (κ3) is 5.82. The Morgan fingerprint density at radius 3 is 2.14 bits per heavy atom. The number of carbonyl (C=O) groups excluding carboxylic acids is 2. The van der Waals surface area contributed by atoms with Crippen LogP contribution in [0.1, 0.15) is 37.9 Å². The van der Waals surface area contributed by atoms with Gasteiger partial charge in [0.15, 0.2) is 0 Å². The molecule has 2 rings (SSSR count). The molecule has 3 N–H and O–H groups in total. The Balaban J connectivity index is 2.06. The van der Waals surface area contributed by atoms with Gasteiger partial charge >= 0.3 is 6.18 Å². The fourth-order valence-corrected chi connectivity index (χ4v) is 2.80. The van der Waals surface area contributed by atoms with E-state index in [-0.39, 0.29) is 11.5 Å². The van der Waals surface area contributed by atoms with E-state index in [2.05, 4.69) is 16.0 Å². The third-order valence-corrected chi connectivity index (χ3v) is 4.08. The van der Waals surface area contributed by atoms with Crippen LogP contribution in [0.2, 0.25) is 0 Å². The molecular formula is C20H22F3N3O2. The van der Waals surface area contributed by atoms with E-state index in [1.807, 2.05) is 0 Å². The highest BCUT2D eigenvalue weighted by Gasteiger charge is 2.34. The van der Waals surface area contributed by atoms with E-state index in [0.717, 1.165) is 6.07 Å². The number of rotatable bonds is 6. The van der Waals surface area contributed by atoms with Crippen molar-refractivity contribution < 1.29 is 22.8 Å². The van der Waals surface area contributed by atoms with E-state index in [9.17, 15) is 22.8 Å². The standard InChI is InChI=1S/C20H22F3N3O2/c1-12(17-9-4-5-10-18(17)20(21,22)23)24-13(2)19(28)26-16-8-6-7-15(11-16)25-14(3)27/h4-13,24H,1-3H3,(H,25,27)(H,26,28)/t12-,13+/m0/s1. The lowest BCUT2D eigenvalue weighted by molar-refractivity contribution is -0.138. The van der Waals surface area contributed by atoms with E-state index in [1.54, 1.807) is 38.1 Å². The summed E-state index contributed by atoms with van der Waals surface area (Å²) in [6.45, 7) is 4.52. The van der Waals surface area contributed by atoms with Gasteiger partial charge in [-0.2, -0.15) is 13.2 Å². The molecule has 0 spiro atoms. The van der Waals surface area contributed by atoms with Crippen LogP contribution in [0, 0.1) is 0 Å². The summed E-state index contributed by atoms with van der Waals surface area (Å²) in [5.74, 6) is -0.646. The monoisotopic (exact) mass is 393 g/mol. The molecule has 0 saturated carbocycles. The smallest absolute Gasteiger partial charge is 0.326 e. The first-order valence-corrected chi connectivity index (χ1v) is 8.68. The molecule has 5 nitrogen and oxygen atoms in total. The van der Waals surface area contributed by atoms with E-state index >= 15 is 0 Å². The van der Waals surface area contributed by atoms with Gasteiger partial charge < -0.3 is 10.6 Å². The summed E-state index contributed by atoms with van der Waals surface area (Å²) in [6.07, 6.45) is -4.47. The Morgan fingerprint density at radius 1 is 0.929 bits per heavy atom. The number of hydrogen-bond acceptors (Lipinski definition) is 3. The van der Waals surface area contributed by atoms with Gasteiger partial charge in [-0.25, -0.2) is 0 Å². The molecule has 0 radical (unpaired) electrons. The third-order valence-electron chi connectivity index (χ3n) is 4.08. The lowest BCUT2D eigenvalue weighted by Gasteiger charge is -2.23. The molecular weight excluding hydrogens is 371 g/mol. The van der Waals surface area contributed by atoms with E-state index < -0.39 is 29.7 Å². The number of amides is 2. The summed E-state index contributed by atoms with van der Waals surface area (Å²) in [7, 11) is 0. The minimum atomic E-state index is -4.47. The first kappa shape index (κ1) is 21.4. The number of alkyl halides is 3. The summed E-state index contributed by atoms with van der Waals surface area (Å²) >= 11 is 0. The van der Waals surface area contributed by atoms with Gasteiger partial charge in [0, 0.05) is 24.3 Å². The van der Waals surface area contributed by atoms with E-state index in [4.69, 9.17) is 0 Å². The first-order valence-electron chi connectivity index (χ1n) is 8.68. The van der Waals surface area contributed by atoms with Gasteiger partial charge in [0.25, 0.3) is 0 Å². The number of carbonyl (C=O) groups is 2. The lowest BCUT2D eigenvalue weighted by atomic mass is 10.0. The van der Waals surface area contributed by atoms with Crippen LogP contribution in [0.15, 0.2) is 48.5 Å². The van der Waals surface area contributed by atoms with Crippen LogP contribution in [-0.2, 0) is 15.8 Å². The minimum absolute atomic E-state index is 0.0716. The highest BCUT2D eigenvalue weighted by Crippen LogP contribution is 2.34. The molecule has 2 aromatic carbocycles. The second-order valence-electron chi connectivity index (χ2n) is 6.45. The number of halogens is 3. The van der Waals surface area contributed by atoms with Gasteiger partial charge in [-0.1, -0.05) is 24.3 Å². The van der Waals surface area contributed by atoms with Crippen molar-refractivity contribution in [2.24, 2.45) is 0 Å². The molecule has 0 bridgehead atoms. The van der Waals surface area contributed by atoms with Crippen molar-refractivity contribution in [2.75, 3.05) is 10.6 Å². The average Bonchev–Trinajstić information content (AvgIpc) is 2.60. The normalized spacial score (nSPS) is 13.5. The van der Waals surface area contributed by atoms with Crippen LogP contribution < -0.4 is 16.0 Å². The molecule has 2 aromatic rings. The second-order valence-corrected chi connectivity index (χ2v) is 6.45. The SMILES string of the molecule is CC(=O)Nc1cccc(NC(=O)[C@@H](C)N[C@@H](C)c2ccccc2C(F)(F)F)c1. The second kappa shape index (κ2) is 8.88. The lowest BCUT2D eigenvalue weighted by Crippen LogP contribution is -2.39. The van der Waals surface area contributed by atoms with Crippen LogP contribution in [0.5, 0.6) is 0 Å². The molecule has 28 heavy (non-hydrogen) atoms. The van der Waals surface area contributed by atoms with Crippen molar-refractivity contribution in [3.63, 3.8) is 0 Å². The Bertz CT molecular complexity index is 853. The average molecular weight is 393 g/mol. The predicted octanol–water partition coefficient (Wildman–Crippen LogP) is 4.34. The number of benzene rings is 2. The van der Waals surface area contributed by atoms with Crippen LogP contribution >= 0.6 is 0 Å². The Labute approximate surface area is 161 Å². The van der Waals surface area contributed by atoms with Gasteiger partial charge in [-0.15, -0.1) is 0 Å². The highest BCUT2D eigenvalue weighted by molar-refractivity contribution is 5.96. The van der Waals surface area contributed by atoms with Gasteiger partial charge in [-0.05, 0) is 43.7 Å². The zero-order chi connectivity index (χ0) is 20.9. The van der Waals surface area contributed by atoms with E-state index in [0.29, 0.717) is 11.4 Å². The van der Waals surface area contributed by atoms with Crippen LogP contribution in [0.4, 0.5) is 24.5 Å². The van der Waals surface area contributed by atoms with Crippen LogP contribution in [-0.4, -0.2) is 17.9 Å². The summed E-state index contributed by atoms with van der Waals surface area (Å²) < 4.78 is 39.6. The maximum Gasteiger partial charge on any atom is 0.416 e. The van der Waals surface area contributed by atoms with Crippen LogP contribution in [0.25, 0.3) is 0 Å².